The van der Waals surface area contributed by atoms with Crippen molar-refractivity contribution < 1.29 is 5.11 Å². The highest BCUT2D eigenvalue weighted by Crippen LogP contribution is 1.94. The first-order valence-electron chi connectivity index (χ1n) is 1.20. The fraction of sp³-hybridized carbons (Fsp3) is 1.00. The highest BCUT2D eigenvalue weighted by atomic mass is 127. The lowest BCUT2D eigenvalue weighted by atomic mass is 10.2. The van der Waals surface area contributed by atoms with Gasteiger partial charge in [-0.15, -0.1) is 22.4 Å². The van der Waals surface area contributed by atoms with Crippen LogP contribution in [0, 0.1) is 0 Å². The second kappa shape index (κ2) is 3.30. The molecule has 0 fully saturated rings. The molecule has 0 aromatic rings. The summed E-state index contributed by atoms with van der Waals surface area (Å²) < 4.78 is 0.104. The lowest BCUT2D eigenvalue weighted by Gasteiger charge is -1.80. The molecule has 0 aliphatic heterocycles. The Morgan fingerprint density at radius 1 is 2.00 bits per heavy atom. The number of thiol groups is 1. The zero-order chi connectivity index (χ0) is 4.28. The average Bonchev–Trinajstić information content (AvgIpc) is 1.38. The van der Waals surface area contributed by atoms with Gasteiger partial charge in [0, 0.05) is 6.51 Å². The summed E-state index contributed by atoms with van der Waals surface area (Å²) in [6.45, 7) is 0.156. The molecule has 1 N–H and O–H groups in total. The Morgan fingerprint density at radius 3 is 2.20 bits per heavy atom. The van der Waals surface area contributed by atoms with E-state index in [1.54, 1.807) is 0 Å². The first-order chi connectivity index (χ1) is 2.27. The molecule has 1 nitrogen and oxygen atoms in total. The standard InChI is InChI=1S/CH4BIOS/c3-2(5)1-4/h4-5H,1H2. The Balaban J connectivity index is 2.54. The van der Waals surface area contributed by atoms with E-state index in [1.165, 1.54) is 0 Å². The molecule has 0 saturated carbocycles. The van der Waals surface area contributed by atoms with Gasteiger partial charge in [-0.25, -0.2) is 12.5 Å². The third-order valence-electron chi connectivity index (χ3n) is 0.151. The lowest BCUT2D eigenvalue weighted by molar-refractivity contribution is 0.368. The second-order valence-corrected chi connectivity index (χ2v) is 3.73. The SMILES string of the molecule is OCB(S)I. The Morgan fingerprint density at radius 2 is 2.20 bits per heavy atom. The van der Waals surface area contributed by atoms with Crippen molar-refractivity contribution in [3.05, 3.63) is 0 Å². The van der Waals surface area contributed by atoms with Crippen LogP contribution in [-0.2, 0) is 0 Å². The number of halogens is 1. The Labute approximate surface area is 50.4 Å². The molecule has 0 spiro atoms. The van der Waals surface area contributed by atoms with Crippen LogP contribution in [0.25, 0.3) is 0 Å². The van der Waals surface area contributed by atoms with Crippen LogP contribution < -0.4 is 0 Å². The number of aliphatic hydroxyl groups is 1. The molecule has 0 aromatic carbocycles. The van der Waals surface area contributed by atoms with Gasteiger partial charge >= 0.3 is 3.85 Å². The van der Waals surface area contributed by atoms with Crippen LogP contribution in [0.1, 0.15) is 0 Å². The average molecular weight is 202 g/mol. The van der Waals surface area contributed by atoms with Gasteiger partial charge in [-0.05, 0) is 0 Å². The van der Waals surface area contributed by atoms with Crippen molar-refractivity contribution in [3.8, 4) is 0 Å². The molecule has 0 amide bonds. The quantitative estimate of drug-likeness (QED) is 0.357. The molecule has 5 heavy (non-hydrogen) atoms. The highest BCUT2D eigenvalue weighted by Gasteiger charge is 1.94. The fourth-order valence-electron chi connectivity index (χ4n) is 0. The number of rotatable bonds is 1. The van der Waals surface area contributed by atoms with E-state index in [0.717, 1.165) is 0 Å². The molecule has 0 rings (SSSR count). The normalized spacial score (nSPS) is 7.80. The molecule has 0 unspecified atom stereocenters. The predicted octanol–water partition coefficient (Wildman–Crippen LogP) is 0.371. The van der Waals surface area contributed by atoms with Gasteiger partial charge in [0.15, 0.2) is 0 Å². The monoisotopic (exact) mass is 202 g/mol. The number of aliphatic hydroxyl groups excluding tert-OH is 1. The number of hydrogen-bond donors (Lipinski definition) is 2. The second-order valence-electron chi connectivity index (χ2n) is 0.617. The van der Waals surface area contributed by atoms with E-state index in [-0.39, 0.29) is 10.4 Å². The zero-order valence-corrected chi connectivity index (χ0v) is 5.61. The van der Waals surface area contributed by atoms with Gasteiger partial charge < -0.3 is 5.11 Å². The van der Waals surface area contributed by atoms with Gasteiger partial charge in [0.2, 0.25) is 0 Å². The van der Waals surface area contributed by atoms with Gasteiger partial charge in [0.1, 0.15) is 0 Å². The topological polar surface area (TPSA) is 20.2 Å². The molecule has 4 heteroatoms. The summed E-state index contributed by atoms with van der Waals surface area (Å²) >= 11 is 5.86. The third kappa shape index (κ3) is 5.10. The summed E-state index contributed by atoms with van der Waals surface area (Å²) in [4.78, 5) is 0. The molecule has 0 saturated heterocycles. The molecular formula is CH4BIOS. The van der Waals surface area contributed by atoms with Gasteiger partial charge in [-0.1, -0.05) is 0 Å². The van der Waals surface area contributed by atoms with Crippen molar-refractivity contribution in [1.29, 1.82) is 0 Å². The van der Waals surface area contributed by atoms with Gasteiger partial charge in [-0.3, -0.25) is 0 Å². The fourth-order valence-corrected chi connectivity index (χ4v) is 0. The van der Waals surface area contributed by atoms with E-state index in [9.17, 15) is 0 Å². The zero-order valence-electron chi connectivity index (χ0n) is 2.56. The third-order valence-corrected chi connectivity index (χ3v) is 0.708. The van der Waals surface area contributed by atoms with Crippen molar-refractivity contribution in [2.45, 2.75) is 0 Å². The summed E-state index contributed by atoms with van der Waals surface area (Å²) in [5.41, 5.74) is 0. The Bertz CT molecular complexity index is 25.6. The Kier molecular flexibility index (Phi) is 4.03. The first-order valence-corrected chi connectivity index (χ1v) is 2.96. The van der Waals surface area contributed by atoms with Crippen molar-refractivity contribution in [3.63, 3.8) is 0 Å². The maximum atomic E-state index is 8.06. The maximum absolute atomic E-state index is 8.06. The minimum Gasteiger partial charge on any atom is -0.402 e. The molecular weight excluding hydrogens is 198 g/mol. The van der Waals surface area contributed by atoms with Crippen LogP contribution in [0.15, 0.2) is 0 Å². The molecule has 30 valence electrons. The van der Waals surface area contributed by atoms with E-state index in [2.05, 4.69) is 12.5 Å². The first kappa shape index (κ1) is 6.10. The van der Waals surface area contributed by atoms with Crippen LogP contribution in [0.2, 0.25) is 0 Å². The van der Waals surface area contributed by atoms with E-state index in [0.29, 0.717) is 0 Å². The van der Waals surface area contributed by atoms with Gasteiger partial charge in [0.25, 0.3) is 0 Å². The number of hydrogen-bond acceptors (Lipinski definition) is 2. The summed E-state index contributed by atoms with van der Waals surface area (Å²) in [7, 11) is 0. The molecule has 0 radical (unpaired) electrons. The van der Waals surface area contributed by atoms with Crippen LogP contribution in [0.5, 0.6) is 0 Å². The minimum atomic E-state index is 0.104. The predicted molar refractivity (Wildman–Crippen MR) is 35.8 cm³/mol. The molecule has 0 bridgehead atoms. The summed E-state index contributed by atoms with van der Waals surface area (Å²) in [5, 5.41) is 8.06. The van der Waals surface area contributed by atoms with E-state index >= 15 is 0 Å². The molecule has 0 heterocycles. The summed E-state index contributed by atoms with van der Waals surface area (Å²) in [5.74, 6) is 0. The molecule has 0 aliphatic rings. The van der Waals surface area contributed by atoms with E-state index in [1.807, 2.05) is 22.4 Å². The molecule has 0 aliphatic carbocycles. The van der Waals surface area contributed by atoms with Crippen LogP contribution >= 0.6 is 34.9 Å². The van der Waals surface area contributed by atoms with Crippen molar-refractivity contribution in [2.75, 3.05) is 6.51 Å². The van der Waals surface area contributed by atoms with Crippen LogP contribution in [0.4, 0.5) is 0 Å². The lowest BCUT2D eigenvalue weighted by Crippen LogP contribution is -1.97. The van der Waals surface area contributed by atoms with Crippen molar-refractivity contribution >= 4 is 38.7 Å². The van der Waals surface area contributed by atoms with Crippen molar-refractivity contribution in [2.24, 2.45) is 0 Å². The minimum absolute atomic E-state index is 0.104. The smallest absolute Gasteiger partial charge is 0.304 e. The Hall–Kier alpha value is 1.10. The summed E-state index contributed by atoms with van der Waals surface area (Å²) in [6.07, 6.45) is 0. The van der Waals surface area contributed by atoms with E-state index < -0.39 is 0 Å². The molecule has 0 atom stereocenters. The highest BCUT2D eigenvalue weighted by molar-refractivity contribution is 14.1. The maximum Gasteiger partial charge on any atom is 0.304 e. The van der Waals surface area contributed by atoms with Gasteiger partial charge in [0.05, 0.1) is 0 Å². The van der Waals surface area contributed by atoms with Crippen LogP contribution in [0.3, 0.4) is 0 Å². The molecule has 0 aromatic heterocycles. The summed E-state index contributed by atoms with van der Waals surface area (Å²) in [6, 6.07) is 0. The van der Waals surface area contributed by atoms with Crippen LogP contribution in [-0.4, -0.2) is 15.5 Å². The van der Waals surface area contributed by atoms with Crippen molar-refractivity contribution in [1.82, 2.24) is 0 Å². The van der Waals surface area contributed by atoms with E-state index in [4.69, 9.17) is 5.11 Å². The largest absolute Gasteiger partial charge is 0.402 e. The van der Waals surface area contributed by atoms with Gasteiger partial charge in [-0.2, -0.15) is 0 Å².